The summed E-state index contributed by atoms with van der Waals surface area (Å²) < 4.78 is 0. The van der Waals surface area contributed by atoms with Gasteiger partial charge in [0.15, 0.2) is 0 Å². The number of para-hydroxylation sites is 2. The molecule has 0 saturated carbocycles. The Bertz CT molecular complexity index is 463. The normalized spacial score (nSPS) is 20.1. The van der Waals surface area contributed by atoms with Gasteiger partial charge in [-0.1, -0.05) is 12.1 Å². The number of nitrogen functional groups attached to an aromatic ring is 1. The number of carbonyl (C=O) groups is 1. The maximum absolute atomic E-state index is 12.1. The number of anilines is 2. The Hall–Kier alpha value is -1.59. The van der Waals surface area contributed by atoms with E-state index in [2.05, 4.69) is 22.2 Å². The van der Waals surface area contributed by atoms with E-state index in [0.29, 0.717) is 24.0 Å². The first-order valence-corrected chi connectivity index (χ1v) is 7.09. The second-order valence-electron chi connectivity index (χ2n) is 5.61. The van der Waals surface area contributed by atoms with Gasteiger partial charge in [-0.25, -0.2) is 0 Å². The van der Waals surface area contributed by atoms with Crippen LogP contribution in [-0.4, -0.2) is 55.5 Å². The Labute approximate surface area is 120 Å². The number of piperidine rings is 1. The van der Waals surface area contributed by atoms with Crippen molar-refractivity contribution in [3.63, 3.8) is 0 Å². The maximum atomic E-state index is 12.1. The van der Waals surface area contributed by atoms with Crippen molar-refractivity contribution in [2.45, 2.75) is 18.9 Å². The number of likely N-dealkylation sites (tertiary alicyclic amines) is 1. The van der Waals surface area contributed by atoms with Crippen molar-refractivity contribution >= 4 is 17.3 Å². The number of amides is 1. The van der Waals surface area contributed by atoms with Gasteiger partial charge < -0.3 is 16.0 Å². The molecule has 1 atom stereocenters. The largest absolute Gasteiger partial charge is 0.397 e. The third-order valence-corrected chi connectivity index (χ3v) is 3.85. The van der Waals surface area contributed by atoms with Crippen LogP contribution in [0.15, 0.2) is 24.3 Å². The molecule has 1 fully saturated rings. The number of hydrogen-bond acceptors (Lipinski definition) is 4. The maximum Gasteiger partial charge on any atom is 0.238 e. The first-order chi connectivity index (χ1) is 9.56. The minimum atomic E-state index is -0.0152. The fraction of sp³-hybridized carbons (Fsp3) is 0.533. The molecule has 1 aliphatic heterocycles. The van der Waals surface area contributed by atoms with E-state index in [9.17, 15) is 4.79 Å². The molecule has 5 nitrogen and oxygen atoms in total. The topological polar surface area (TPSA) is 61.6 Å². The number of nitrogens with zero attached hydrogens (tertiary/aromatic N) is 2. The number of likely N-dealkylation sites (N-methyl/N-ethyl adjacent to an activating group) is 2. The standard InChI is InChI=1S/C15H24N4O/c1-18-9-5-6-12(10-18)19(2)11-15(20)17-14-8-4-3-7-13(14)16/h3-4,7-8,12H,5-6,9-11,16H2,1-2H3,(H,17,20). The summed E-state index contributed by atoms with van der Waals surface area (Å²) in [6.45, 7) is 2.57. The van der Waals surface area contributed by atoms with Crippen LogP contribution in [0.4, 0.5) is 11.4 Å². The number of hydrogen-bond donors (Lipinski definition) is 2. The SMILES string of the molecule is CN1CCCC(N(C)CC(=O)Nc2ccccc2N)C1. The molecule has 1 heterocycles. The molecule has 0 radical (unpaired) electrons. The molecule has 1 aromatic carbocycles. The van der Waals surface area contributed by atoms with E-state index in [4.69, 9.17) is 5.73 Å². The van der Waals surface area contributed by atoms with E-state index in [1.165, 1.54) is 6.42 Å². The average molecular weight is 276 g/mol. The molecule has 0 bridgehead atoms. The highest BCUT2D eigenvalue weighted by atomic mass is 16.2. The highest BCUT2D eigenvalue weighted by Gasteiger charge is 2.22. The minimum absolute atomic E-state index is 0.0152. The van der Waals surface area contributed by atoms with Gasteiger partial charge in [0.2, 0.25) is 5.91 Å². The number of rotatable bonds is 4. The van der Waals surface area contributed by atoms with E-state index in [1.807, 2.05) is 25.2 Å². The van der Waals surface area contributed by atoms with E-state index in [-0.39, 0.29) is 5.91 Å². The van der Waals surface area contributed by atoms with Gasteiger partial charge in [0.25, 0.3) is 0 Å². The van der Waals surface area contributed by atoms with Gasteiger partial charge in [-0.05, 0) is 45.6 Å². The van der Waals surface area contributed by atoms with Crippen LogP contribution in [0.1, 0.15) is 12.8 Å². The Balaban J connectivity index is 1.86. The molecule has 20 heavy (non-hydrogen) atoms. The third-order valence-electron chi connectivity index (χ3n) is 3.85. The molecule has 0 aliphatic carbocycles. The van der Waals surface area contributed by atoms with Gasteiger partial charge in [-0.2, -0.15) is 0 Å². The summed E-state index contributed by atoms with van der Waals surface area (Å²) in [5, 5.41) is 2.87. The molecule has 1 amide bonds. The second kappa shape index (κ2) is 6.72. The fourth-order valence-corrected chi connectivity index (χ4v) is 2.66. The van der Waals surface area contributed by atoms with Crippen LogP contribution in [0.25, 0.3) is 0 Å². The smallest absolute Gasteiger partial charge is 0.238 e. The lowest BCUT2D eigenvalue weighted by atomic mass is 10.1. The van der Waals surface area contributed by atoms with Crippen LogP contribution < -0.4 is 11.1 Å². The predicted molar refractivity (Wildman–Crippen MR) is 82.6 cm³/mol. The van der Waals surface area contributed by atoms with Crippen molar-refractivity contribution in [1.29, 1.82) is 0 Å². The lowest BCUT2D eigenvalue weighted by molar-refractivity contribution is -0.117. The number of carbonyl (C=O) groups excluding carboxylic acids is 1. The van der Waals surface area contributed by atoms with E-state index in [0.717, 1.165) is 19.5 Å². The monoisotopic (exact) mass is 276 g/mol. The zero-order valence-electron chi connectivity index (χ0n) is 12.3. The summed E-state index contributed by atoms with van der Waals surface area (Å²) in [7, 11) is 4.14. The van der Waals surface area contributed by atoms with Crippen LogP contribution in [0.3, 0.4) is 0 Å². The van der Waals surface area contributed by atoms with E-state index >= 15 is 0 Å². The molecule has 0 aromatic heterocycles. The van der Waals surface area contributed by atoms with Gasteiger partial charge in [0.05, 0.1) is 17.9 Å². The Kier molecular flexibility index (Phi) is 4.98. The van der Waals surface area contributed by atoms with Gasteiger partial charge in [-0.3, -0.25) is 9.69 Å². The van der Waals surface area contributed by atoms with Crippen molar-refractivity contribution in [3.8, 4) is 0 Å². The predicted octanol–water partition coefficient (Wildman–Crippen LogP) is 1.23. The summed E-state index contributed by atoms with van der Waals surface area (Å²) in [4.78, 5) is 16.5. The van der Waals surface area contributed by atoms with Crippen molar-refractivity contribution in [2.24, 2.45) is 0 Å². The molecule has 1 saturated heterocycles. The average Bonchev–Trinajstić information content (AvgIpc) is 2.41. The zero-order valence-corrected chi connectivity index (χ0v) is 12.3. The van der Waals surface area contributed by atoms with E-state index in [1.54, 1.807) is 6.07 Å². The molecule has 1 aliphatic rings. The Morgan fingerprint density at radius 2 is 2.25 bits per heavy atom. The summed E-state index contributed by atoms with van der Waals surface area (Å²) >= 11 is 0. The quantitative estimate of drug-likeness (QED) is 0.812. The van der Waals surface area contributed by atoms with Crippen molar-refractivity contribution in [1.82, 2.24) is 9.80 Å². The van der Waals surface area contributed by atoms with Gasteiger partial charge in [0.1, 0.15) is 0 Å². The Morgan fingerprint density at radius 3 is 2.95 bits per heavy atom. The van der Waals surface area contributed by atoms with Crippen molar-refractivity contribution < 1.29 is 4.79 Å². The lowest BCUT2D eigenvalue weighted by Crippen LogP contribution is -2.47. The fourth-order valence-electron chi connectivity index (χ4n) is 2.66. The van der Waals surface area contributed by atoms with Gasteiger partial charge in [-0.15, -0.1) is 0 Å². The van der Waals surface area contributed by atoms with Crippen LogP contribution in [-0.2, 0) is 4.79 Å². The van der Waals surface area contributed by atoms with Crippen molar-refractivity contribution in [2.75, 3.05) is 44.8 Å². The first kappa shape index (κ1) is 14.8. The molecule has 110 valence electrons. The summed E-state index contributed by atoms with van der Waals surface area (Å²) in [6, 6.07) is 7.78. The minimum Gasteiger partial charge on any atom is -0.397 e. The van der Waals surface area contributed by atoms with Crippen LogP contribution in [0.5, 0.6) is 0 Å². The third kappa shape index (κ3) is 3.95. The van der Waals surface area contributed by atoms with Crippen molar-refractivity contribution in [3.05, 3.63) is 24.3 Å². The molecule has 3 N–H and O–H groups in total. The van der Waals surface area contributed by atoms with Crippen LogP contribution in [0.2, 0.25) is 0 Å². The summed E-state index contributed by atoms with van der Waals surface area (Å²) in [6.07, 6.45) is 2.35. The number of nitrogens with one attached hydrogen (secondary N) is 1. The highest BCUT2D eigenvalue weighted by Crippen LogP contribution is 2.17. The molecular weight excluding hydrogens is 252 g/mol. The van der Waals surface area contributed by atoms with E-state index < -0.39 is 0 Å². The van der Waals surface area contributed by atoms with Gasteiger partial charge >= 0.3 is 0 Å². The highest BCUT2D eigenvalue weighted by molar-refractivity contribution is 5.95. The lowest BCUT2D eigenvalue weighted by Gasteiger charge is -2.35. The Morgan fingerprint density at radius 1 is 1.50 bits per heavy atom. The first-order valence-electron chi connectivity index (χ1n) is 7.09. The number of benzene rings is 1. The van der Waals surface area contributed by atoms with Crippen LogP contribution >= 0.6 is 0 Å². The molecule has 0 spiro atoms. The molecule has 1 aromatic rings. The molecule has 1 unspecified atom stereocenters. The number of nitrogens with two attached hydrogens (primary N) is 1. The molecule has 2 rings (SSSR count). The zero-order chi connectivity index (χ0) is 14.5. The second-order valence-corrected chi connectivity index (χ2v) is 5.61. The van der Waals surface area contributed by atoms with Gasteiger partial charge in [0, 0.05) is 12.6 Å². The summed E-state index contributed by atoms with van der Waals surface area (Å²) in [5.74, 6) is -0.0152. The molecule has 5 heteroatoms. The summed E-state index contributed by atoms with van der Waals surface area (Å²) in [5.41, 5.74) is 7.11. The van der Waals surface area contributed by atoms with Crippen LogP contribution in [0, 0.1) is 0 Å². The molecular formula is C15H24N4O.